The predicted molar refractivity (Wildman–Crippen MR) is 76.6 cm³/mol. The summed E-state index contributed by atoms with van der Waals surface area (Å²) >= 11 is 0. The van der Waals surface area contributed by atoms with Crippen molar-refractivity contribution >= 4 is 5.91 Å². The number of carbonyl (C=O) groups excluding carboxylic acids is 1. The zero-order valence-corrected chi connectivity index (χ0v) is 12.7. The second kappa shape index (κ2) is 7.82. The van der Waals surface area contributed by atoms with Gasteiger partial charge >= 0.3 is 6.18 Å². The number of rotatable bonds is 6. The Kier molecular flexibility index (Phi) is 6.71. The van der Waals surface area contributed by atoms with Gasteiger partial charge < -0.3 is 10.6 Å². The normalized spacial score (nSPS) is 17.9. The van der Waals surface area contributed by atoms with Gasteiger partial charge in [0.1, 0.15) is 0 Å². The van der Waals surface area contributed by atoms with Crippen LogP contribution in [0.3, 0.4) is 0 Å². The molecule has 0 saturated heterocycles. The summed E-state index contributed by atoms with van der Waals surface area (Å²) in [6, 6.07) is 0. The van der Waals surface area contributed by atoms with Crippen molar-refractivity contribution in [3.63, 3.8) is 0 Å². The molecule has 1 rings (SSSR count). The third kappa shape index (κ3) is 5.69. The van der Waals surface area contributed by atoms with Crippen LogP contribution in [0.25, 0.3) is 0 Å². The highest BCUT2D eigenvalue weighted by Gasteiger charge is 2.35. The Hall–Kier alpha value is -1.04. The second-order valence-corrected chi connectivity index (χ2v) is 5.94. The Balaban J connectivity index is 2.46. The fourth-order valence-electron chi connectivity index (χ4n) is 2.65. The molecule has 122 valence electrons. The lowest BCUT2D eigenvalue weighted by atomic mass is 9.88. The van der Waals surface area contributed by atoms with Crippen LogP contribution in [0.2, 0.25) is 0 Å². The fourth-order valence-corrected chi connectivity index (χ4v) is 2.65. The maximum atomic E-state index is 12.5. The molecule has 0 aromatic heterocycles. The van der Waals surface area contributed by atoms with E-state index in [2.05, 4.69) is 13.8 Å². The summed E-state index contributed by atoms with van der Waals surface area (Å²) in [6.45, 7) is 5.02. The summed E-state index contributed by atoms with van der Waals surface area (Å²) in [5, 5.41) is 0. The minimum Gasteiger partial charge on any atom is -0.339 e. The van der Waals surface area contributed by atoms with Crippen LogP contribution < -0.4 is 5.73 Å². The van der Waals surface area contributed by atoms with Crippen LogP contribution in [0.5, 0.6) is 0 Å². The molecule has 0 radical (unpaired) electrons. The van der Waals surface area contributed by atoms with Crippen LogP contribution in [-0.4, -0.2) is 36.6 Å². The van der Waals surface area contributed by atoms with Gasteiger partial charge in [0.25, 0.3) is 0 Å². The van der Waals surface area contributed by atoms with Gasteiger partial charge in [0, 0.05) is 25.1 Å². The van der Waals surface area contributed by atoms with E-state index in [0.717, 1.165) is 18.9 Å². The Labute approximate surface area is 124 Å². The average Bonchev–Trinajstić information content (AvgIpc) is 2.42. The number of hydrogen-bond acceptors (Lipinski definition) is 2. The van der Waals surface area contributed by atoms with Crippen molar-refractivity contribution in [1.82, 2.24) is 4.90 Å². The highest BCUT2D eigenvalue weighted by atomic mass is 19.4. The van der Waals surface area contributed by atoms with Gasteiger partial charge in [-0.2, -0.15) is 13.2 Å². The topological polar surface area (TPSA) is 46.3 Å². The van der Waals surface area contributed by atoms with Crippen LogP contribution in [0.1, 0.15) is 39.5 Å². The molecule has 0 aliphatic carbocycles. The molecule has 1 aliphatic rings. The molecule has 0 bridgehead atoms. The van der Waals surface area contributed by atoms with E-state index in [9.17, 15) is 18.0 Å². The minimum absolute atomic E-state index is 0.0601. The van der Waals surface area contributed by atoms with Crippen LogP contribution in [0.4, 0.5) is 13.2 Å². The standard InChI is InChI=1S/C15H25F3N2O/c1-11(2)12(5-8-19)3-4-14(21)20-9-6-13(7-10-20)15(16,17)18/h6,11-12H,3-5,7-10,19H2,1-2H3. The molecule has 0 fully saturated rings. The first-order valence-corrected chi connectivity index (χ1v) is 7.49. The summed E-state index contributed by atoms with van der Waals surface area (Å²) in [5.74, 6) is 0.791. The van der Waals surface area contributed by atoms with Gasteiger partial charge in [-0.15, -0.1) is 0 Å². The van der Waals surface area contributed by atoms with E-state index in [0.29, 0.717) is 24.8 Å². The number of carbonyl (C=O) groups is 1. The molecule has 0 spiro atoms. The first-order valence-electron chi connectivity index (χ1n) is 7.49. The highest BCUT2D eigenvalue weighted by molar-refractivity contribution is 5.76. The minimum atomic E-state index is -4.26. The van der Waals surface area contributed by atoms with E-state index < -0.39 is 11.7 Å². The zero-order chi connectivity index (χ0) is 16.0. The number of amides is 1. The molecule has 1 amide bonds. The third-order valence-electron chi connectivity index (χ3n) is 4.14. The van der Waals surface area contributed by atoms with Gasteiger partial charge in [-0.3, -0.25) is 4.79 Å². The monoisotopic (exact) mass is 306 g/mol. The summed E-state index contributed by atoms with van der Waals surface area (Å²) in [7, 11) is 0. The van der Waals surface area contributed by atoms with Crippen LogP contribution in [0, 0.1) is 11.8 Å². The van der Waals surface area contributed by atoms with Crippen molar-refractivity contribution in [1.29, 1.82) is 0 Å². The fraction of sp³-hybridized carbons (Fsp3) is 0.800. The molecule has 0 aromatic carbocycles. The van der Waals surface area contributed by atoms with E-state index in [1.165, 1.54) is 4.90 Å². The Morgan fingerprint density at radius 2 is 2.05 bits per heavy atom. The van der Waals surface area contributed by atoms with Gasteiger partial charge in [-0.1, -0.05) is 19.9 Å². The summed E-state index contributed by atoms with van der Waals surface area (Å²) in [6.07, 6.45) is -1.23. The molecule has 2 N–H and O–H groups in total. The maximum absolute atomic E-state index is 12.5. The first-order chi connectivity index (χ1) is 9.75. The van der Waals surface area contributed by atoms with E-state index >= 15 is 0 Å². The number of nitrogens with zero attached hydrogens (tertiary/aromatic N) is 1. The van der Waals surface area contributed by atoms with Crippen molar-refractivity contribution in [3.05, 3.63) is 11.6 Å². The molecule has 0 saturated carbocycles. The molecule has 1 unspecified atom stereocenters. The molecule has 1 aliphatic heterocycles. The molecule has 6 heteroatoms. The number of alkyl halides is 3. The van der Waals surface area contributed by atoms with Crippen LogP contribution in [0.15, 0.2) is 11.6 Å². The highest BCUT2D eigenvalue weighted by Crippen LogP contribution is 2.30. The second-order valence-electron chi connectivity index (χ2n) is 5.94. The van der Waals surface area contributed by atoms with Crippen molar-refractivity contribution in [2.45, 2.75) is 45.7 Å². The van der Waals surface area contributed by atoms with E-state index in [-0.39, 0.29) is 25.4 Å². The first kappa shape index (κ1) is 18.0. The zero-order valence-electron chi connectivity index (χ0n) is 12.7. The van der Waals surface area contributed by atoms with Crippen molar-refractivity contribution < 1.29 is 18.0 Å². The van der Waals surface area contributed by atoms with Gasteiger partial charge in [-0.05, 0) is 37.6 Å². The van der Waals surface area contributed by atoms with Crippen molar-refractivity contribution in [3.8, 4) is 0 Å². The van der Waals surface area contributed by atoms with E-state index in [4.69, 9.17) is 5.73 Å². The molecule has 3 nitrogen and oxygen atoms in total. The lowest BCUT2D eigenvalue weighted by molar-refractivity contribution is -0.132. The molecular formula is C15H25F3N2O. The predicted octanol–water partition coefficient (Wildman–Crippen LogP) is 3.11. The molecule has 1 atom stereocenters. The van der Waals surface area contributed by atoms with Gasteiger partial charge in [0.2, 0.25) is 5.91 Å². The number of hydrogen-bond donors (Lipinski definition) is 1. The Bertz CT molecular complexity index is 378. The lowest BCUT2D eigenvalue weighted by Gasteiger charge is -2.28. The summed E-state index contributed by atoms with van der Waals surface area (Å²) < 4.78 is 37.5. The van der Waals surface area contributed by atoms with Gasteiger partial charge in [-0.25, -0.2) is 0 Å². The third-order valence-corrected chi connectivity index (χ3v) is 4.14. The van der Waals surface area contributed by atoms with Crippen molar-refractivity contribution in [2.75, 3.05) is 19.6 Å². The Morgan fingerprint density at radius 1 is 1.38 bits per heavy atom. The largest absolute Gasteiger partial charge is 0.412 e. The van der Waals surface area contributed by atoms with Crippen LogP contribution >= 0.6 is 0 Å². The van der Waals surface area contributed by atoms with Gasteiger partial charge in [0.05, 0.1) is 0 Å². The summed E-state index contributed by atoms with van der Waals surface area (Å²) in [5.41, 5.74) is 5.04. The van der Waals surface area contributed by atoms with Crippen molar-refractivity contribution in [2.24, 2.45) is 17.6 Å². The van der Waals surface area contributed by atoms with E-state index in [1.807, 2.05) is 0 Å². The molecule has 21 heavy (non-hydrogen) atoms. The molecule has 1 heterocycles. The number of nitrogens with two attached hydrogens (primary N) is 1. The Morgan fingerprint density at radius 3 is 2.48 bits per heavy atom. The lowest BCUT2D eigenvalue weighted by Crippen LogP contribution is -2.37. The maximum Gasteiger partial charge on any atom is 0.412 e. The van der Waals surface area contributed by atoms with E-state index in [1.54, 1.807) is 0 Å². The SMILES string of the molecule is CC(C)C(CCN)CCC(=O)N1CC=C(C(F)(F)F)CC1. The number of halogens is 3. The van der Waals surface area contributed by atoms with Crippen LogP contribution in [-0.2, 0) is 4.79 Å². The molecule has 0 aromatic rings. The average molecular weight is 306 g/mol. The smallest absolute Gasteiger partial charge is 0.339 e. The summed E-state index contributed by atoms with van der Waals surface area (Å²) in [4.78, 5) is 13.6. The quantitative estimate of drug-likeness (QED) is 0.766. The van der Waals surface area contributed by atoms with Gasteiger partial charge in [0.15, 0.2) is 0 Å². The molecular weight excluding hydrogens is 281 g/mol.